The highest BCUT2D eigenvalue weighted by Gasteiger charge is 2.47. The molecule has 0 aliphatic rings. The second-order valence-electron chi connectivity index (χ2n) is 11.2. The van der Waals surface area contributed by atoms with E-state index in [1.165, 1.54) is 0 Å². The van der Waals surface area contributed by atoms with Crippen molar-refractivity contribution in [1.82, 2.24) is 0 Å². The van der Waals surface area contributed by atoms with Crippen LogP contribution in [0.1, 0.15) is 0 Å². The summed E-state index contributed by atoms with van der Waals surface area (Å²) in [6.45, 7) is 27.0. The van der Waals surface area contributed by atoms with E-state index in [-0.39, 0.29) is 0 Å². The van der Waals surface area contributed by atoms with Gasteiger partial charge in [-0.3, -0.25) is 0 Å². The predicted molar refractivity (Wildman–Crippen MR) is 129 cm³/mol. The molecule has 1 unspecified atom stereocenters. The fraction of sp³-hybridized carbons (Fsp3) is 0.944. The number of hydrogen-bond acceptors (Lipinski definition) is 6. The molecule has 0 radical (unpaired) electrons. The summed E-state index contributed by atoms with van der Waals surface area (Å²) in [7, 11) is -5.89. The molecule has 10 heteroatoms. The van der Waals surface area contributed by atoms with Gasteiger partial charge in [0, 0.05) is 0 Å². The fourth-order valence-corrected chi connectivity index (χ4v) is 6.23. The van der Waals surface area contributed by atoms with Crippen molar-refractivity contribution in [3.63, 3.8) is 0 Å². The van der Waals surface area contributed by atoms with Crippen LogP contribution in [0.4, 0.5) is 0 Å². The smallest absolute Gasteiger partial charge is 0.184 e. The summed E-state index contributed by atoms with van der Waals surface area (Å²) < 4.78 is 26.1. The summed E-state index contributed by atoms with van der Waals surface area (Å²) in [6, 6.07) is 0. The van der Waals surface area contributed by atoms with Gasteiger partial charge < -0.3 is 22.5 Å². The first-order chi connectivity index (χ1) is 12.3. The van der Waals surface area contributed by atoms with E-state index in [0.717, 1.165) is 0 Å². The Labute approximate surface area is 177 Å². The van der Waals surface area contributed by atoms with Gasteiger partial charge in [0.2, 0.25) is 0 Å². The number of nitrogens with zero attached hydrogens (tertiary/aromatic N) is 1. The van der Waals surface area contributed by atoms with E-state index in [9.17, 15) is 0 Å². The van der Waals surface area contributed by atoms with Crippen molar-refractivity contribution in [3.05, 3.63) is 0 Å². The van der Waals surface area contributed by atoms with Crippen molar-refractivity contribution in [2.75, 3.05) is 20.3 Å². The summed E-state index contributed by atoms with van der Waals surface area (Å²) in [5.74, 6) is 0. The van der Waals surface area contributed by atoms with Crippen LogP contribution in [0.3, 0.4) is 0 Å². The zero-order chi connectivity index (χ0) is 22.4. The van der Waals surface area contributed by atoms with Gasteiger partial charge in [-0.25, -0.2) is 0 Å². The maximum absolute atomic E-state index is 6.81. The molecule has 0 aliphatic carbocycles. The van der Waals surface area contributed by atoms with Gasteiger partial charge >= 0.3 is 0 Å². The standard InChI is InChI=1S/C18H45NO5Si4/c1-20-19-14-17(23-27(8,9)10)18(24-28(11,12)13,15-21-25(2,3)4)16-22-26(5,6)7/h14,17H,15-16H2,1-13H3/b19-14+. The highest BCUT2D eigenvalue weighted by Crippen LogP contribution is 2.29. The van der Waals surface area contributed by atoms with E-state index in [0.29, 0.717) is 13.2 Å². The lowest BCUT2D eigenvalue weighted by atomic mass is 10.00. The minimum absolute atomic E-state index is 0.404. The predicted octanol–water partition coefficient (Wildman–Crippen LogP) is 5.13. The third-order valence-corrected chi connectivity index (χ3v) is 7.31. The van der Waals surface area contributed by atoms with Gasteiger partial charge in [-0.2, -0.15) is 0 Å². The Kier molecular flexibility index (Phi) is 10.5. The molecule has 1 atom stereocenters. The topological polar surface area (TPSA) is 58.5 Å². The van der Waals surface area contributed by atoms with E-state index >= 15 is 0 Å². The average Bonchev–Trinajstić information content (AvgIpc) is 2.42. The van der Waals surface area contributed by atoms with Crippen LogP contribution in [0, 0.1) is 0 Å². The molecule has 0 aliphatic heterocycles. The van der Waals surface area contributed by atoms with Crippen LogP contribution in [0.2, 0.25) is 78.6 Å². The molecule has 0 saturated heterocycles. The van der Waals surface area contributed by atoms with Crippen LogP contribution in [0.15, 0.2) is 5.16 Å². The lowest BCUT2D eigenvalue weighted by molar-refractivity contribution is -0.0793. The molecule has 0 saturated carbocycles. The van der Waals surface area contributed by atoms with Crippen molar-refractivity contribution in [2.24, 2.45) is 5.16 Å². The van der Waals surface area contributed by atoms with Gasteiger partial charge in [0.05, 0.1) is 19.4 Å². The maximum atomic E-state index is 6.81. The Morgan fingerprint density at radius 3 is 1.43 bits per heavy atom. The van der Waals surface area contributed by atoms with Crippen LogP contribution in [-0.2, 0) is 22.5 Å². The molecule has 6 nitrogen and oxygen atoms in total. The fourth-order valence-electron chi connectivity index (χ4n) is 2.38. The molecule has 0 heterocycles. The molecule has 0 aromatic rings. The SMILES string of the molecule is CO/N=C/C(O[Si](C)(C)C)C(CO[Si](C)(C)C)(CO[Si](C)(C)C)O[Si](C)(C)C. The quantitative estimate of drug-likeness (QED) is 0.213. The zero-order valence-corrected chi connectivity index (χ0v) is 24.6. The van der Waals surface area contributed by atoms with E-state index < -0.39 is 45.0 Å². The molecule has 0 fully saturated rings. The molecule has 0 N–H and O–H groups in total. The normalized spacial score (nSPS) is 15.9. The van der Waals surface area contributed by atoms with Crippen LogP contribution in [0.25, 0.3) is 0 Å². The summed E-state index contributed by atoms with van der Waals surface area (Å²) in [6.07, 6.45) is 1.32. The minimum atomic E-state index is -1.96. The molecule has 0 amide bonds. The highest BCUT2D eigenvalue weighted by atomic mass is 28.4. The highest BCUT2D eigenvalue weighted by molar-refractivity contribution is 6.71. The largest absolute Gasteiger partial charge is 0.415 e. The second-order valence-corrected chi connectivity index (χ2v) is 29.1. The van der Waals surface area contributed by atoms with Crippen molar-refractivity contribution in [3.8, 4) is 0 Å². The molecule has 28 heavy (non-hydrogen) atoms. The number of oxime groups is 1. The molecule has 168 valence electrons. The third-order valence-electron chi connectivity index (χ3n) is 3.31. The van der Waals surface area contributed by atoms with Gasteiger partial charge in [0.1, 0.15) is 18.8 Å². The van der Waals surface area contributed by atoms with Crippen molar-refractivity contribution in [1.29, 1.82) is 0 Å². The number of hydrogen-bond donors (Lipinski definition) is 0. The lowest BCUT2D eigenvalue weighted by Gasteiger charge is -2.46. The molecular weight excluding hydrogens is 423 g/mol. The third kappa shape index (κ3) is 13.4. The van der Waals surface area contributed by atoms with Gasteiger partial charge in [-0.15, -0.1) is 0 Å². The van der Waals surface area contributed by atoms with Crippen LogP contribution < -0.4 is 0 Å². The lowest BCUT2D eigenvalue weighted by Crippen LogP contribution is -2.62. The Bertz CT molecular complexity index is 472. The number of rotatable bonds is 13. The Hall–Kier alpha value is 0.178. The van der Waals surface area contributed by atoms with E-state index in [1.807, 2.05) is 0 Å². The van der Waals surface area contributed by atoms with Crippen molar-refractivity contribution < 1.29 is 22.5 Å². The first kappa shape index (κ1) is 28.2. The second kappa shape index (κ2) is 10.5. The van der Waals surface area contributed by atoms with Gasteiger partial charge in [-0.1, -0.05) is 5.16 Å². The van der Waals surface area contributed by atoms with E-state index in [2.05, 4.69) is 83.7 Å². The Balaban J connectivity index is 6.25. The monoisotopic (exact) mass is 467 g/mol. The van der Waals surface area contributed by atoms with E-state index in [4.69, 9.17) is 22.5 Å². The summed E-state index contributed by atoms with van der Waals surface area (Å²) >= 11 is 0. The maximum Gasteiger partial charge on any atom is 0.184 e. The Morgan fingerprint density at radius 2 is 1.14 bits per heavy atom. The molecular formula is C18H45NO5Si4. The van der Waals surface area contributed by atoms with E-state index in [1.54, 1.807) is 13.3 Å². The van der Waals surface area contributed by atoms with Crippen molar-refractivity contribution in [2.45, 2.75) is 90.3 Å². The molecule has 0 rings (SSSR count). The first-order valence-corrected chi connectivity index (χ1v) is 23.6. The first-order valence-electron chi connectivity index (χ1n) is 10.0. The molecule has 0 aromatic carbocycles. The molecule has 0 bridgehead atoms. The molecule has 0 aromatic heterocycles. The zero-order valence-electron chi connectivity index (χ0n) is 20.6. The minimum Gasteiger partial charge on any atom is -0.415 e. The van der Waals surface area contributed by atoms with Crippen LogP contribution >= 0.6 is 0 Å². The van der Waals surface area contributed by atoms with Gasteiger partial charge in [0.15, 0.2) is 33.3 Å². The summed E-state index contributed by atoms with van der Waals surface area (Å²) in [4.78, 5) is 5.00. The van der Waals surface area contributed by atoms with Crippen molar-refractivity contribution >= 4 is 39.5 Å². The van der Waals surface area contributed by atoms with Gasteiger partial charge in [0.25, 0.3) is 0 Å². The summed E-state index contributed by atoms with van der Waals surface area (Å²) in [5, 5.41) is 4.06. The Morgan fingerprint density at radius 1 is 0.714 bits per heavy atom. The van der Waals surface area contributed by atoms with Crippen LogP contribution in [0.5, 0.6) is 0 Å². The average molecular weight is 468 g/mol. The van der Waals surface area contributed by atoms with Gasteiger partial charge in [-0.05, 0) is 78.6 Å². The summed E-state index contributed by atoms with van der Waals surface area (Å²) in [5.41, 5.74) is -0.757. The molecule has 0 spiro atoms. The van der Waals surface area contributed by atoms with Crippen LogP contribution in [-0.4, -0.2) is 71.5 Å².